The fourth-order valence-corrected chi connectivity index (χ4v) is 5.59. The fraction of sp³-hybridized carbons (Fsp3) is 0.222. The highest BCUT2D eigenvalue weighted by Crippen LogP contribution is 2.42. The highest BCUT2D eigenvalue weighted by Gasteiger charge is 2.37. The third-order valence-electron chi connectivity index (χ3n) is 4.01. The molecule has 154 valence electrons. The molecule has 0 amide bonds. The molecule has 0 radical (unpaired) electrons. The van der Waals surface area contributed by atoms with Crippen LogP contribution < -0.4 is 21.9 Å². The number of ether oxygens (including phenoxy) is 1. The Morgan fingerprint density at radius 3 is 2.31 bits per heavy atom. The maximum Gasteiger partial charge on any atom is 0.223 e. The molecule has 11 heteroatoms. The molecule has 3 rings (SSSR count). The highest BCUT2D eigenvalue weighted by atomic mass is 35.5. The van der Waals surface area contributed by atoms with Crippen LogP contribution >= 0.6 is 23.2 Å². The molecular formula is C18H19Cl2N5O3S. The van der Waals surface area contributed by atoms with E-state index in [0.29, 0.717) is 22.6 Å². The van der Waals surface area contributed by atoms with Gasteiger partial charge in [0, 0.05) is 5.56 Å². The topological polar surface area (TPSA) is 146 Å². The van der Waals surface area contributed by atoms with Crippen LogP contribution in [0.25, 0.3) is 11.1 Å². The summed E-state index contributed by atoms with van der Waals surface area (Å²) in [7, 11) is -3.53. The summed E-state index contributed by atoms with van der Waals surface area (Å²) in [6.07, 6.45) is 0. The van der Waals surface area contributed by atoms with Crippen LogP contribution in [0.3, 0.4) is 0 Å². The van der Waals surface area contributed by atoms with Crippen molar-refractivity contribution in [1.82, 2.24) is 0 Å². The van der Waals surface area contributed by atoms with Gasteiger partial charge in [-0.3, -0.25) is 0 Å². The van der Waals surface area contributed by atoms with Gasteiger partial charge in [0.15, 0.2) is 15.8 Å². The molecule has 8 nitrogen and oxygen atoms in total. The summed E-state index contributed by atoms with van der Waals surface area (Å²) < 4.78 is 31.2. The predicted molar refractivity (Wildman–Crippen MR) is 116 cm³/mol. The van der Waals surface area contributed by atoms with E-state index < -0.39 is 15.4 Å². The third kappa shape index (κ3) is 4.58. The Balaban J connectivity index is 2.08. The lowest BCUT2D eigenvalue weighted by atomic mass is 10.0. The Morgan fingerprint density at radius 1 is 1.10 bits per heavy atom. The van der Waals surface area contributed by atoms with E-state index in [1.54, 1.807) is 26.0 Å². The number of guanidine groups is 2. The van der Waals surface area contributed by atoms with Gasteiger partial charge in [-0.2, -0.15) is 4.99 Å². The van der Waals surface area contributed by atoms with Crippen LogP contribution in [0.15, 0.2) is 45.2 Å². The summed E-state index contributed by atoms with van der Waals surface area (Å²) in [5.41, 5.74) is 16.6. The highest BCUT2D eigenvalue weighted by molar-refractivity contribution is 7.91. The van der Waals surface area contributed by atoms with Gasteiger partial charge in [0.25, 0.3) is 0 Å². The van der Waals surface area contributed by atoms with E-state index in [4.69, 9.17) is 45.1 Å². The van der Waals surface area contributed by atoms with Crippen molar-refractivity contribution in [1.29, 1.82) is 0 Å². The molecular weight excluding hydrogens is 437 g/mol. The summed E-state index contributed by atoms with van der Waals surface area (Å²) in [6, 6.07) is 7.83. The lowest BCUT2D eigenvalue weighted by Crippen LogP contribution is -2.40. The molecule has 0 atom stereocenters. The van der Waals surface area contributed by atoms with Crippen molar-refractivity contribution in [2.24, 2.45) is 27.2 Å². The number of benzene rings is 2. The largest absolute Gasteiger partial charge is 0.485 e. The summed E-state index contributed by atoms with van der Waals surface area (Å²) >= 11 is 12.8. The smallest absolute Gasteiger partial charge is 0.223 e. The van der Waals surface area contributed by atoms with Crippen LogP contribution in [0.1, 0.15) is 13.8 Å². The van der Waals surface area contributed by atoms with Gasteiger partial charge in [-0.15, -0.1) is 0 Å². The van der Waals surface area contributed by atoms with Crippen molar-refractivity contribution >= 4 is 50.6 Å². The monoisotopic (exact) mass is 455 g/mol. The first kappa shape index (κ1) is 21.2. The zero-order valence-corrected chi connectivity index (χ0v) is 17.9. The quantitative estimate of drug-likeness (QED) is 0.468. The Morgan fingerprint density at radius 2 is 1.72 bits per heavy atom. The molecule has 2 aromatic carbocycles. The number of hydrogen-bond acceptors (Lipinski definition) is 4. The molecule has 1 heterocycles. The van der Waals surface area contributed by atoms with Crippen molar-refractivity contribution in [2.45, 2.75) is 24.3 Å². The lowest BCUT2D eigenvalue weighted by Gasteiger charge is -2.32. The van der Waals surface area contributed by atoms with E-state index in [1.165, 1.54) is 18.2 Å². The maximum atomic E-state index is 12.7. The predicted octanol–water partition coefficient (Wildman–Crippen LogP) is 2.82. The van der Waals surface area contributed by atoms with E-state index in [-0.39, 0.29) is 32.6 Å². The van der Waals surface area contributed by atoms with E-state index in [2.05, 4.69) is 9.98 Å². The third-order valence-corrected chi connectivity index (χ3v) is 6.67. The van der Waals surface area contributed by atoms with E-state index >= 15 is 0 Å². The lowest BCUT2D eigenvalue weighted by molar-refractivity contribution is 0.123. The normalized spacial score (nSPS) is 17.2. The van der Waals surface area contributed by atoms with Crippen LogP contribution in [0.4, 0.5) is 5.69 Å². The molecule has 0 saturated carbocycles. The number of hydrogen-bond donors (Lipinski definition) is 3. The van der Waals surface area contributed by atoms with Gasteiger partial charge in [-0.25, -0.2) is 13.4 Å². The molecule has 0 fully saturated rings. The number of nitrogens with zero attached hydrogens (tertiary/aromatic N) is 2. The summed E-state index contributed by atoms with van der Waals surface area (Å²) in [5, 5.41) is 0.506. The molecule has 6 N–H and O–H groups in total. The fourth-order valence-electron chi connectivity index (χ4n) is 3.04. The number of rotatable bonds is 2. The van der Waals surface area contributed by atoms with Crippen LogP contribution in [-0.4, -0.2) is 31.7 Å². The zero-order valence-electron chi connectivity index (χ0n) is 15.6. The Bertz CT molecular complexity index is 1130. The number of sulfone groups is 1. The summed E-state index contributed by atoms with van der Waals surface area (Å²) in [4.78, 5) is 7.75. The van der Waals surface area contributed by atoms with Gasteiger partial charge in [-0.1, -0.05) is 29.3 Å². The minimum Gasteiger partial charge on any atom is -0.485 e. The first-order chi connectivity index (χ1) is 13.4. The van der Waals surface area contributed by atoms with Crippen molar-refractivity contribution in [3.8, 4) is 16.9 Å². The first-order valence-corrected chi connectivity index (χ1v) is 10.8. The molecule has 1 aliphatic rings. The summed E-state index contributed by atoms with van der Waals surface area (Å²) in [6.45, 7) is 3.45. The average Bonchev–Trinajstić information content (AvgIpc) is 2.52. The van der Waals surface area contributed by atoms with Gasteiger partial charge in [0.2, 0.25) is 5.96 Å². The van der Waals surface area contributed by atoms with Gasteiger partial charge < -0.3 is 21.9 Å². The SMILES string of the molecule is CC1(C)CS(=O)(=O)c2cc(-c3c(Cl)cc(N=C(N)N=C(N)N)cc3Cl)ccc2O1. The number of aliphatic imine (C=N–C) groups is 2. The Hall–Kier alpha value is -2.49. The second kappa shape index (κ2) is 7.40. The molecule has 0 unspecified atom stereocenters. The molecule has 1 aliphatic heterocycles. The Labute approximate surface area is 178 Å². The van der Waals surface area contributed by atoms with E-state index in [0.717, 1.165) is 0 Å². The van der Waals surface area contributed by atoms with Crippen molar-refractivity contribution < 1.29 is 13.2 Å². The van der Waals surface area contributed by atoms with E-state index in [1.807, 2.05) is 0 Å². The van der Waals surface area contributed by atoms with Crippen molar-refractivity contribution in [2.75, 3.05) is 5.75 Å². The molecule has 0 bridgehead atoms. The van der Waals surface area contributed by atoms with Crippen LogP contribution in [0.2, 0.25) is 10.0 Å². The van der Waals surface area contributed by atoms with Gasteiger partial charge in [-0.05, 0) is 43.7 Å². The molecule has 0 aliphatic carbocycles. The number of fused-ring (bicyclic) bond motifs is 1. The summed E-state index contributed by atoms with van der Waals surface area (Å²) in [5.74, 6) is -0.232. The van der Waals surface area contributed by atoms with Gasteiger partial charge in [0.05, 0.1) is 21.5 Å². The van der Waals surface area contributed by atoms with Crippen LogP contribution in [-0.2, 0) is 9.84 Å². The molecule has 0 aromatic heterocycles. The Kier molecular flexibility index (Phi) is 5.42. The van der Waals surface area contributed by atoms with Crippen molar-refractivity contribution in [3.05, 3.63) is 40.4 Å². The molecule has 0 spiro atoms. The minimum atomic E-state index is -3.53. The first-order valence-electron chi connectivity index (χ1n) is 8.37. The number of halogens is 2. The standard InChI is InChI=1S/C18H19Cl2N5O3S/c1-18(2)8-29(26,27)14-5-9(3-4-13(14)28-18)15-11(19)6-10(7-12(15)20)24-17(23)25-16(21)22/h3-7H,8H2,1-2H3,(H6,21,22,23,24,25). The minimum absolute atomic E-state index is 0.0977. The molecule has 0 saturated heterocycles. The van der Waals surface area contributed by atoms with Crippen LogP contribution in [0.5, 0.6) is 5.75 Å². The maximum absolute atomic E-state index is 12.7. The van der Waals surface area contributed by atoms with Crippen LogP contribution in [0, 0.1) is 0 Å². The molecule has 29 heavy (non-hydrogen) atoms. The van der Waals surface area contributed by atoms with Crippen molar-refractivity contribution in [3.63, 3.8) is 0 Å². The van der Waals surface area contributed by atoms with Gasteiger partial charge in [0.1, 0.15) is 16.2 Å². The average molecular weight is 456 g/mol. The second-order valence-electron chi connectivity index (χ2n) is 7.07. The second-order valence-corrected chi connectivity index (χ2v) is 9.85. The number of nitrogens with two attached hydrogens (primary N) is 3. The molecule has 2 aromatic rings. The zero-order chi connectivity index (χ0) is 21.6. The van der Waals surface area contributed by atoms with Gasteiger partial charge >= 0.3 is 0 Å². The van der Waals surface area contributed by atoms with E-state index in [9.17, 15) is 8.42 Å².